The van der Waals surface area contributed by atoms with Crippen molar-refractivity contribution in [1.82, 2.24) is 9.47 Å². The van der Waals surface area contributed by atoms with Crippen LogP contribution in [-0.4, -0.2) is 28.1 Å². The molecule has 0 bridgehead atoms. The summed E-state index contributed by atoms with van der Waals surface area (Å²) in [6, 6.07) is 5.13. The minimum absolute atomic E-state index is 0.146. The Morgan fingerprint density at radius 3 is 2.52 bits per heavy atom. The summed E-state index contributed by atoms with van der Waals surface area (Å²) in [5.41, 5.74) is 6.27. The number of hydrogen-bond acceptors (Lipinski definition) is 3. The average molecular weight is 314 g/mol. The predicted octanol–water partition coefficient (Wildman–Crippen LogP) is 3.32. The predicted molar refractivity (Wildman–Crippen MR) is 92.4 cm³/mol. The van der Waals surface area contributed by atoms with Crippen LogP contribution in [0.15, 0.2) is 12.1 Å². The summed E-state index contributed by atoms with van der Waals surface area (Å²) in [7, 11) is 2.08. The minimum atomic E-state index is -0.146. The SMILES string of the molecule is CCOC(=O)Cc1c(C)n(C)c2cc3c(cc12)CN(C(C)C)C3. The van der Waals surface area contributed by atoms with Crippen molar-refractivity contribution in [1.29, 1.82) is 0 Å². The fraction of sp³-hybridized carbons (Fsp3) is 0.526. The molecule has 0 spiro atoms. The smallest absolute Gasteiger partial charge is 0.310 e. The Bertz CT molecular complexity index is 759. The van der Waals surface area contributed by atoms with Crippen LogP contribution in [0, 0.1) is 6.92 Å². The summed E-state index contributed by atoms with van der Waals surface area (Å²) in [6.07, 6.45) is 0.351. The number of hydrogen-bond donors (Lipinski definition) is 0. The van der Waals surface area contributed by atoms with Crippen molar-refractivity contribution >= 4 is 16.9 Å². The Hall–Kier alpha value is -1.81. The molecule has 0 atom stereocenters. The zero-order chi connectivity index (χ0) is 16.7. The number of carbonyl (C=O) groups is 1. The first-order chi connectivity index (χ1) is 10.9. The molecular formula is C19H26N2O2. The van der Waals surface area contributed by atoms with E-state index >= 15 is 0 Å². The van der Waals surface area contributed by atoms with Gasteiger partial charge in [0.25, 0.3) is 0 Å². The molecule has 1 aliphatic heterocycles. The van der Waals surface area contributed by atoms with Gasteiger partial charge in [-0.3, -0.25) is 9.69 Å². The van der Waals surface area contributed by atoms with Gasteiger partial charge < -0.3 is 9.30 Å². The molecule has 3 rings (SSSR count). The lowest BCUT2D eigenvalue weighted by Crippen LogP contribution is -2.24. The standard InChI is InChI=1S/C19H26N2O2/c1-6-23-19(22)9-16-13(4)20(5)18-8-15-11-21(12(2)3)10-14(15)7-17(16)18/h7-8,12H,6,9-11H2,1-5H3. The van der Waals surface area contributed by atoms with E-state index in [1.807, 2.05) is 6.92 Å². The number of rotatable bonds is 4. The van der Waals surface area contributed by atoms with Gasteiger partial charge >= 0.3 is 5.97 Å². The van der Waals surface area contributed by atoms with Gasteiger partial charge in [0.15, 0.2) is 0 Å². The monoisotopic (exact) mass is 314 g/mol. The van der Waals surface area contributed by atoms with Crippen LogP contribution in [0.4, 0.5) is 0 Å². The van der Waals surface area contributed by atoms with E-state index in [-0.39, 0.29) is 5.97 Å². The summed E-state index contributed by atoms with van der Waals surface area (Å²) >= 11 is 0. The number of carbonyl (C=O) groups excluding carboxylic acids is 1. The van der Waals surface area contributed by atoms with Crippen LogP contribution in [0.25, 0.3) is 10.9 Å². The summed E-state index contributed by atoms with van der Waals surface area (Å²) in [4.78, 5) is 14.4. The van der Waals surface area contributed by atoms with E-state index in [2.05, 4.69) is 49.4 Å². The zero-order valence-corrected chi connectivity index (χ0v) is 14.8. The highest BCUT2D eigenvalue weighted by molar-refractivity contribution is 5.90. The zero-order valence-electron chi connectivity index (χ0n) is 14.8. The van der Waals surface area contributed by atoms with Gasteiger partial charge in [-0.15, -0.1) is 0 Å². The fourth-order valence-electron chi connectivity index (χ4n) is 3.51. The first-order valence-electron chi connectivity index (χ1n) is 8.41. The molecule has 2 heterocycles. The summed E-state index contributed by atoms with van der Waals surface area (Å²) in [5, 5.41) is 1.20. The minimum Gasteiger partial charge on any atom is -0.466 e. The van der Waals surface area contributed by atoms with E-state index in [0.717, 1.165) is 24.3 Å². The molecule has 2 aromatic rings. The lowest BCUT2D eigenvalue weighted by Gasteiger charge is -2.18. The number of benzene rings is 1. The highest BCUT2D eigenvalue weighted by atomic mass is 16.5. The molecule has 0 saturated heterocycles. The molecule has 0 aliphatic carbocycles. The highest BCUT2D eigenvalue weighted by Gasteiger charge is 2.24. The van der Waals surface area contributed by atoms with Crippen LogP contribution in [0.5, 0.6) is 0 Å². The van der Waals surface area contributed by atoms with Crippen LogP contribution in [0.3, 0.4) is 0 Å². The molecule has 1 aromatic heterocycles. The third-order valence-corrected chi connectivity index (χ3v) is 5.05. The maximum atomic E-state index is 12.0. The fourth-order valence-corrected chi connectivity index (χ4v) is 3.51. The van der Waals surface area contributed by atoms with Crippen LogP contribution >= 0.6 is 0 Å². The van der Waals surface area contributed by atoms with E-state index < -0.39 is 0 Å². The van der Waals surface area contributed by atoms with Gasteiger partial charge in [-0.2, -0.15) is 0 Å². The van der Waals surface area contributed by atoms with Crippen LogP contribution in [0.2, 0.25) is 0 Å². The first kappa shape index (κ1) is 16.1. The molecule has 0 N–H and O–H groups in total. The molecule has 4 heteroatoms. The van der Waals surface area contributed by atoms with Crippen LogP contribution in [-0.2, 0) is 36.1 Å². The third kappa shape index (κ3) is 2.76. The second-order valence-electron chi connectivity index (χ2n) is 6.74. The summed E-state index contributed by atoms with van der Waals surface area (Å²) < 4.78 is 7.34. The summed E-state index contributed by atoms with van der Waals surface area (Å²) in [6.45, 7) is 10.8. The largest absolute Gasteiger partial charge is 0.466 e. The molecule has 0 saturated carbocycles. The Labute approximate surface area is 138 Å². The van der Waals surface area contributed by atoms with Crippen LogP contribution < -0.4 is 0 Å². The molecule has 0 fully saturated rings. The van der Waals surface area contributed by atoms with Crippen molar-refractivity contribution in [3.05, 3.63) is 34.5 Å². The lowest BCUT2D eigenvalue weighted by atomic mass is 10.0. The van der Waals surface area contributed by atoms with E-state index in [9.17, 15) is 4.79 Å². The Morgan fingerprint density at radius 1 is 1.26 bits per heavy atom. The van der Waals surface area contributed by atoms with Crippen LogP contribution in [0.1, 0.15) is 43.2 Å². The highest BCUT2D eigenvalue weighted by Crippen LogP contribution is 2.33. The van der Waals surface area contributed by atoms with E-state index in [1.165, 1.54) is 22.0 Å². The van der Waals surface area contributed by atoms with E-state index in [0.29, 0.717) is 19.1 Å². The van der Waals surface area contributed by atoms with Crippen molar-refractivity contribution < 1.29 is 9.53 Å². The van der Waals surface area contributed by atoms with Crippen molar-refractivity contribution in [2.45, 2.75) is 53.2 Å². The molecular weight excluding hydrogens is 288 g/mol. The number of fused-ring (bicyclic) bond motifs is 2. The number of esters is 1. The van der Waals surface area contributed by atoms with E-state index in [1.54, 1.807) is 0 Å². The van der Waals surface area contributed by atoms with Gasteiger partial charge in [-0.1, -0.05) is 0 Å². The van der Waals surface area contributed by atoms with Crippen molar-refractivity contribution in [2.75, 3.05) is 6.61 Å². The first-order valence-corrected chi connectivity index (χ1v) is 8.41. The van der Waals surface area contributed by atoms with Gasteiger partial charge in [-0.25, -0.2) is 0 Å². The molecule has 0 amide bonds. The van der Waals surface area contributed by atoms with Crippen molar-refractivity contribution in [2.24, 2.45) is 7.05 Å². The lowest BCUT2D eigenvalue weighted by molar-refractivity contribution is -0.142. The topological polar surface area (TPSA) is 34.5 Å². The number of aromatic nitrogens is 1. The number of nitrogens with zero attached hydrogens (tertiary/aromatic N) is 2. The van der Waals surface area contributed by atoms with Gasteiger partial charge in [0.1, 0.15) is 0 Å². The average Bonchev–Trinajstić information content (AvgIpc) is 3.01. The third-order valence-electron chi connectivity index (χ3n) is 5.05. The second-order valence-corrected chi connectivity index (χ2v) is 6.74. The maximum absolute atomic E-state index is 12.0. The van der Waals surface area contributed by atoms with Crippen molar-refractivity contribution in [3.63, 3.8) is 0 Å². The Balaban J connectivity index is 2.04. The second kappa shape index (κ2) is 6.00. The van der Waals surface area contributed by atoms with Gasteiger partial charge in [0.2, 0.25) is 0 Å². The summed E-state index contributed by atoms with van der Waals surface area (Å²) in [5.74, 6) is -0.146. The Kier molecular flexibility index (Phi) is 4.19. The van der Waals surface area contributed by atoms with Gasteiger partial charge in [-0.05, 0) is 56.5 Å². The molecule has 23 heavy (non-hydrogen) atoms. The van der Waals surface area contributed by atoms with E-state index in [4.69, 9.17) is 4.74 Å². The molecule has 0 unspecified atom stereocenters. The van der Waals surface area contributed by atoms with Gasteiger partial charge in [0.05, 0.1) is 13.0 Å². The molecule has 124 valence electrons. The molecule has 0 radical (unpaired) electrons. The van der Waals surface area contributed by atoms with Gasteiger partial charge in [0, 0.05) is 42.8 Å². The number of aryl methyl sites for hydroxylation is 1. The molecule has 1 aromatic carbocycles. The molecule has 4 nitrogen and oxygen atoms in total. The molecule has 1 aliphatic rings. The number of ether oxygens (including phenoxy) is 1. The quantitative estimate of drug-likeness (QED) is 0.812. The maximum Gasteiger partial charge on any atom is 0.310 e. The Morgan fingerprint density at radius 2 is 1.91 bits per heavy atom. The van der Waals surface area contributed by atoms with Crippen molar-refractivity contribution in [3.8, 4) is 0 Å². The normalized spacial score (nSPS) is 14.7.